The van der Waals surface area contributed by atoms with Gasteiger partial charge in [-0.25, -0.2) is 0 Å². The van der Waals surface area contributed by atoms with Gasteiger partial charge in [0.1, 0.15) is 0 Å². The molecule has 2 rings (SSSR count). The lowest BCUT2D eigenvalue weighted by atomic mass is 10.1. The van der Waals surface area contributed by atoms with Crippen LogP contribution in [0.3, 0.4) is 0 Å². The number of nitrogens with zero attached hydrogens (tertiary/aromatic N) is 1. The molecule has 0 aliphatic rings. The zero-order valence-corrected chi connectivity index (χ0v) is 12.2. The van der Waals surface area contributed by atoms with Gasteiger partial charge in [-0.05, 0) is 36.4 Å². The predicted octanol–water partition coefficient (Wildman–Crippen LogP) is 4.77. The van der Waals surface area contributed by atoms with Gasteiger partial charge < -0.3 is 5.32 Å². The number of nitrogens with one attached hydrogen (secondary N) is 1. The summed E-state index contributed by atoms with van der Waals surface area (Å²) >= 11 is 17.7. The summed E-state index contributed by atoms with van der Waals surface area (Å²) in [4.78, 5) is 12.0. The number of hydrogen-bond acceptors (Lipinski definition) is 2. The molecule has 0 radical (unpaired) electrons. The molecule has 1 amide bonds. The second kappa shape index (κ2) is 6.15. The Balaban J connectivity index is 2.23. The molecule has 3 nitrogen and oxygen atoms in total. The molecule has 20 heavy (non-hydrogen) atoms. The minimum absolute atomic E-state index is 0.293. The average Bonchev–Trinajstić information content (AvgIpc) is 2.44. The molecule has 0 bridgehead atoms. The maximum absolute atomic E-state index is 12.0. The van der Waals surface area contributed by atoms with Crippen LogP contribution >= 0.6 is 34.8 Å². The lowest BCUT2D eigenvalue weighted by Gasteiger charge is -2.08. The Morgan fingerprint density at radius 2 is 1.60 bits per heavy atom. The molecule has 2 aromatic rings. The summed E-state index contributed by atoms with van der Waals surface area (Å²) < 4.78 is 0. The van der Waals surface area contributed by atoms with Gasteiger partial charge in [0.25, 0.3) is 5.91 Å². The van der Waals surface area contributed by atoms with Crippen LogP contribution in [0.2, 0.25) is 15.1 Å². The molecule has 0 saturated carbocycles. The van der Waals surface area contributed by atoms with Crippen molar-refractivity contribution >= 4 is 46.4 Å². The third-order valence-corrected chi connectivity index (χ3v) is 3.57. The predicted molar refractivity (Wildman–Crippen MR) is 80.6 cm³/mol. The second-order valence-corrected chi connectivity index (χ2v) is 5.11. The number of benzene rings is 2. The van der Waals surface area contributed by atoms with Gasteiger partial charge in [0.15, 0.2) is 0 Å². The van der Waals surface area contributed by atoms with E-state index in [0.29, 0.717) is 31.9 Å². The molecule has 0 unspecified atom stereocenters. The molecule has 100 valence electrons. The maximum atomic E-state index is 12.0. The molecule has 0 aliphatic carbocycles. The Kier molecular flexibility index (Phi) is 4.51. The number of halogens is 3. The molecule has 0 aromatic heterocycles. The molecule has 0 atom stereocenters. The maximum Gasteiger partial charge on any atom is 0.255 e. The SMILES string of the molecule is N#Cc1ccc(C(=O)Nc2cc(Cl)c(Cl)cc2Cl)cc1. The van der Waals surface area contributed by atoms with Crippen LogP contribution in [0.5, 0.6) is 0 Å². The summed E-state index contributed by atoms with van der Waals surface area (Å²) in [5.41, 5.74) is 1.26. The Morgan fingerprint density at radius 3 is 2.20 bits per heavy atom. The molecular weight excluding hydrogens is 319 g/mol. The van der Waals surface area contributed by atoms with Crippen LogP contribution in [0.1, 0.15) is 15.9 Å². The van der Waals surface area contributed by atoms with Gasteiger partial charge in [-0.3, -0.25) is 4.79 Å². The standard InChI is InChI=1S/C14H7Cl3N2O/c15-10-5-12(17)13(6-11(10)16)19-14(20)9-3-1-8(7-18)2-4-9/h1-6H,(H,19,20). The fourth-order valence-electron chi connectivity index (χ4n) is 1.51. The Labute approximate surface area is 130 Å². The summed E-state index contributed by atoms with van der Waals surface area (Å²) in [6.07, 6.45) is 0. The van der Waals surface area contributed by atoms with E-state index in [0.717, 1.165) is 0 Å². The van der Waals surface area contributed by atoms with Gasteiger partial charge in [0.05, 0.1) is 32.4 Å². The van der Waals surface area contributed by atoms with Crippen molar-refractivity contribution in [2.75, 3.05) is 5.32 Å². The van der Waals surface area contributed by atoms with E-state index in [-0.39, 0.29) is 5.91 Å². The highest BCUT2D eigenvalue weighted by atomic mass is 35.5. The summed E-state index contributed by atoms with van der Waals surface area (Å²) in [6.45, 7) is 0. The Morgan fingerprint density at radius 1 is 1.00 bits per heavy atom. The lowest BCUT2D eigenvalue weighted by Crippen LogP contribution is -2.12. The number of carbonyl (C=O) groups is 1. The van der Waals surface area contributed by atoms with Gasteiger partial charge in [0.2, 0.25) is 0 Å². The molecule has 0 spiro atoms. The highest BCUT2D eigenvalue weighted by Crippen LogP contribution is 2.32. The van der Waals surface area contributed by atoms with Crippen LogP contribution in [-0.4, -0.2) is 5.91 Å². The van der Waals surface area contributed by atoms with Crippen molar-refractivity contribution in [3.63, 3.8) is 0 Å². The summed E-state index contributed by atoms with van der Waals surface area (Å²) in [7, 11) is 0. The zero-order chi connectivity index (χ0) is 14.7. The van der Waals surface area contributed by atoms with Crippen molar-refractivity contribution < 1.29 is 4.79 Å². The van der Waals surface area contributed by atoms with Crippen molar-refractivity contribution in [1.82, 2.24) is 0 Å². The van der Waals surface area contributed by atoms with Crippen molar-refractivity contribution in [1.29, 1.82) is 5.26 Å². The zero-order valence-electron chi connectivity index (χ0n) is 9.95. The molecule has 0 heterocycles. The van der Waals surface area contributed by atoms with E-state index < -0.39 is 0 Å². The van der Waals surface area contributed by atoms with Gasteiger partial charge in [0, 0.05) is 5.56 Å². The number of rotatable bonds is 2. The first-order chi connectivity index (χ1) is 9.51. The molecule has 2 aromatic carbocycles. The molecule has 6 heteroatoms. The lowest BCUT2D eigenvalue weighted by molar-refractivity contribution is 0.102. The third-order valence-electron chi connectivity index (χ3n) is 2.53. The highest BCUT2D eigenvalue weighted by molar-refractivity contribution is 6.44. The Hall–Kier alpha value is -1.73. The summed E-state index contributed by atoms with van der Waals surface area (Å²) in [5, 5.41) is 12.2. The largest absolute Gasteiger partial charge is 0.321 e. The minimum Gasteiger partial charge on any atom is -0.321 e. The van der Waals surface area contributed by atoms with E-state index in [2.05, 4.69) is 5.32 Å². The van der Waals surface area contributed by atoms with Crippen molar-refractivity contribution in [2.24, 2.45) is 0 Å². The molecular formula is C14H7Cl3N2O. The van der Waals surface area contributed by atoms with Crippen LogP contribution in [-0.2, 0) is 0 Å². The second-order valence-electron chi connectivity index (χ2n) is 3.89. The third kappa shape index (κ3) is 3.23. The fraction of sp³-hybridized carbons (Fsp3) is 0. The quantitative estimate of drug-likeness (QED) is 0.808. The Bertz CT molecular complexity index is 706. The van der Waals surface area contributed by atoms with E-state index >= 15 is 0 Å². The van der Waals surface area contributed by atoms with E-state index in [1.807, 2.05) is 6.07 Å². The van der Waals surface area contributed by atoms with Crippen LogP contribution in [0, 0.1) is 11.3 Å². The van der Waals surface area contributed by atoms with Crippen LogP contribution in [0.15, 0.2) is 36.4 Å². The topological polar surface area (TPSA) is 52.9 Å². The highest BCUT2D eigenvalue weighted by Gasteiger charge is 2.11. The average molecular weight is 326 g/mol. The fourth-order valence-corrected chi connectivity index (χ4v) is 2.10. The number of nitriles is 1. The summed E-state index contributed by atoms with van der Waals surface area (Å²) in [5.74, 6) is -0.352. The van der Waals surface area contributed by atoms with Crippen LogP contribution in [0.4, 0.5) is 5.69 Å². The minimum atomic E-state index is -0.352. The van der Waals surface area contributed by atoms with Gasteiger partial charge >= 0.3 is 0 Å². The smallest absolute Gasteiger partial charge is 0.255 e. The first-order valence-corrected chi connectivity index (χ1v) is 6.60. The van der Waals surface area contributed by atoms with Gasteiger partial charge in [-0.2, -0.15) is 5.26 Å². The van der Waals surface area contributed by atoms with Gasteiger partial charge in [-0.15, -0.1) is 0 Å². The van der Waals surface area contributed by atoms with Crippen LogP contribution in [0.25, 0.3) is 0 Å². The number of carbonyl (C=O) groups excluding carboxylic acids is 1. The first kappa shape index (κ1) is 14.7. The number of anilines is 1. The van der Waals surface area contributed by atoms with Crippen molar-refractivity contribution in [3.8, 4) is 6.07 Å². The molecule has 0 aliphatic heterocycles. The van der Waals surface area contributed by atoms with E-state index in [4.69, 9.17) is 40.1 Å². The molecule has 1 N–H and O–H groups in total. The van der Waals surface area contributed by atoms with Crippen LogP contribution < -0.4 is 5.32 Å². The van der Waals surface area contributed by atoms with E-state index in [1.165, 1.54) is 12.1 Å². The summed E-state index contributed by atoms with van der Waals surface area (Å²) in [6, 6.07) is 11.2. The van der Waals surface area contributed by atoms with E-state index in [1.54, 1.807) is 24.3 Å². The molecule has 0 saturated heterocycles. The first-order valence-electron chi connectivity index (χ1n) is 5.47. The normalized spacial score (nSPS) is 9.90. The van der Waals surface area contributed by atoms with E-state index in [9.17, 15) is 4.79 Å². The van der Waals surface area contributed by atoms with Crippen molar-refractivity contribution in [3.05, 3.63) is 62.6 Å². The molecule has 0 fully saturated rings. The monoisotopic (exact) mass is 324 g/mol. The van der Waals surface area contributed by atoms with Gasteiger partial charge in [-0.1, -0.05) is 34.8 Å². The van der Waals surface area contributed by atoms with Crippen molar-refractivity contribution in [2.45, 2.75) is 0 Å². The number of hydrogen-bond donors (Lipinski definition) is 1. The number of amides is 1.